The Morgan fingerprint density at radius 3 is 2.67 bits per heavy atom. The molecule has 0 spiro atoms. The van der Waals surface area contributed by atoms with Gasteiger partial charge >= 0.3 is 5.97 Å². The molecule has 0 saturated heterocycles. The molecule has 3 rings (SSSR count). The lowest BCUT2D eigenvalue weighted by atomic mass is 10.1. The van der Waals surface area contributed by atoms with Crippen LogP contribution in [0.4, 0.5) is 0 Å². The van der Waals surface area contributed by atoms with E-state index in [1.54, 1.807) is 38.1 Å². The molecule has 0 N–H and O–H groups in total. The lowest BCUT2D eigenvalue weighted by molar-refractivity contribution is -0.137. The van der Waals surface area contributed by atoms with E-state index in [-0.39, 0.29) is 23.4 Å². The number of ketones is 1. The molecule has 0 saturated carbocycles. The lowest BCUT2D eigenvalue weighted by Crippen LogP contribution is -2.14. The Morgan fingerprint density at radius 1 is 1.17 bits per heavy atom. The van der Waals surface area contributed by atoms with Crippen molar-refractivity contribution in [2.75, 3.05) is 0 Å². The number of ether oxygens (including phenoxy) is 2. The number of fused-ring (bicyclic) bond motifs is 1. The third kappa shape index (κ3) is 3.23. The first-order valence-electron chi connectivity index (χ1n) is 7.80. The van der Waals surface area contributed by atoms with Gasteiger partial charge in [-0.25, -0.2) is 0 Å². The number of allylic oxidation sites excluding steroid dienone is 1. The number of hydrogen-bond donors (Lipinski definition) is 0. The quantitative estimate of drug-likeness (QED) is 0.483. The largest absolute Gasteiger partial charge is 0.452 e. The highest BCUT2D eigenvalue weighted by molar-refractivity contribution is 6.14. The molecular weight excluding hydrogens is 304 g/mol. The van der Waals surface area contributed by atoms with Gasteiger partial charge in [0.15, 0.2) is 5.76 Å². The van der Waals surface area contributed by atoms with E-state index in [2.05, 4.69) is 0 Å². The predicted octanol–water partition coefficient (Wildman–Crippen LogP) is 4.17. The van der Waals surface area contributed by atoms with Crippen LogP contribution in [0.25, 0.3) is 6.08 Å². The van der Waals surface area contributed by atoms with Crippen molar-refractivity contribution < 1.29 is 19.1 Å². The fourth-order valence-electron chi connectivity index (χ4n) is 2.38. The van der Waals surface area contributed by atoms with Gasteiger partial charge in [0.2, 0.25) is 5.78 Å². The monoisotopic (exact) mass is 322 g/mol. The number of carbonyl (C=O) groups excluding carboxylic acids is 2. The Balaban J connectivity index is 1.86. The van der Waals surface area contributed by atoms with Crippen molar-refractivity contribution in [2.24, 2.45) is 5.92 Å². The molecule has 1 aliphatic rings. The minimum atomic E-state index is -0.324. The van der Waals surface area contributed by atoms with E-state index in [1.165, 1.54) is 0 Å². The molecule has 0 aromatic heterocycles. The number of esters is 1. The number of Topliss-reactive ketones (excluding diaryl/α,β-unsaturated/α-hetero) is 1. The summed E-state index contributed by atoms with van der Waals surface area (Å²) >= 11 is 0. The Labute approximate surface area is 140 Å². The lowest BCUT2D eigenvalue weighted by Gasteiger charge is -2.07. The van der Waals surface area contributed by atoms with Crippen molar-refractivity contribution in [3.63, 3.8) is 0 Å². The number of aryl methyl sites for hydroxylation is 1. The van der Waals surface area contributed by atoms with Gasteiger partial charge in [0.25, 0.3) is 0 Å². The van der Waals surface area contributed by atoms with E-state index >= 15 is 0 Å². The second-order valence-corrected chi connectivity index (χ2v) is 6.09. The van der Waals surface area contributed by atoms with Crippen molar-refractivity contribution in [1.82, 2.24) is 0 Å². The molecular formula is C20H18O4. The highest BCUT2D eigenvalue weighted by atomic mass is 16.5. The van der Waals surface area contributed by atoms with E-state index in [4.69, 9.17) is 9.47 Å². The van der Waals surface area contributed by atoms with Crippen LogP contribution in [0.3, 0.4) is 0 Å². The first kappa shape index (κ1) is 16.0. The van der Waals surface area contributed by atoms with Gasteiger partial charge in [-0.1, -0.05) is 43.7 Å². The number of hydrogen-bond acceptors (Lipinski definition) is 4. The summed E-state index contributed by atoms with van der Waals surface area (Å²) in [6, 6.07) is 12.6. The molecule has 0 aliphatic carbocycles. The molecule has 0 bridgehead atoms. The zero-order chi connectivity index (χ0) is 17.3. The van der Waals surface area contributed by atoms with Crippen LogP contribution in [0.1, 0.15) is 35.3 Å². The predicted molar refractivity (Wildman–Crippen MR) is 91.0 cm³/mol. The number of rotatable bonds is 3. The molecule has 0 amide bonds. The molecule has 0 radical (unpaired) electrons. The normalized spacial score (nSPS) is 14.7. The van der Waals surface area contributed by atoms with Gasteiger partial charge in [0.1, 0.15) is 11.5 Å². The SMILES string of the molecule is Cc1cccc(C=C2Oc3cc(OC(=O)C(C)C)ccc3C2=O)c1. The first-order chi connectivity index (χ1) is 11.4. The molecule has 2 aromatic rings. The van der Waals surface area contributed by atoms with Crippen LogP contribution in [-0.4, -0.2) is 11.8 Å². The number of benzene rings is 2. The van der Waals surface area contributed by atoms with Gasteiger partial charge in [-0.2, -0.15) is 0 Å². The summed E-state index contributed by atoms with van der Waals surface area (Å²) in [5.41, 5.74) is 2.48. The Hall–Kier alpha value is -2.88. The Morgan fingerprint density at radius 2 is 1.96 bits per heavy atom. The third-order valence-electron chi connectivity index (χ3n) is 3.67. The molecule has 2 aromatic carbocycles. The van der Waals surface area contributed by atoms with Crippen LogP contribution >= 0.6 is 0 Å². The van der Waals surface area contributed by atoms with Crippen LogP contribution < -0.4 is 9.47 Å². The third-order valence-corrected chi connectivity index (χ3v) is 3.67. The molecule has 24 heavy (non-hydrogen) atoms. The Bertz CT molecular complexity index is 846. The van der Waals surface area contributed by atoms with E-state index in [0.717, 1.165) is 11.1 Å². The average molecular weight is 322 g/mol. The minimum Gasteiger partial charge on any atom is -0.452 e. The summed E-state index contributed by atoms with van der Waals surface area (Å²) in [6.07, 6.45) is 1.72. The summed E-state index contributed by atoms with van der Waals surface area (Å²) in [6.45, 7) is 5.51. The van der Waals surface area contributed by atoms with Gasteiger partial charge in [0, 0.05) is 6.07 Å². The van der Waals surface area contributed by atoms with Gasteiger partial charge in [-0.15, -0.1) is 0 Å². The van der Waals surface area contributed by atoms with Gasteiger partial charge in [0.05, 0.1) is 11.5 Å². The fourth-order valence-corrected chi connectivity index (χ4v) is 2.38. The average Bonchev–Trinajstić information content (AvgIpc) is 2.83. The highest BCUT2D eigenvalue weighted by Gasteiger charge is 2.28. The second-order valence-electron chi connectivity index (χ2n) is 6.09. The molecule has 0 unspecified atom stereocenters. The molecule has 1 heterocycles. The maximum absolute atomic E-state index is 12.4. The van der Waals surface area contributed by atoms with Crippen LogP contribution in [-0.2, 0) is 4.79 Å². The van der Waals surface area contributed by atoms with Gasteiger partial charge in [-0.3, -0.25) is 9.59 Å². The summed E-state index contributed by atoms with van der Waals surface area (Å²) in [4.78, 5) is 24.1. The fraction of sp³-hybridized carbons (Fsp3) is 0.200. The number of carbonyl (C=O) groups is 2. The molecule has 122 valence electrons. The second kappa shape index (κ2) is 6.32. The standard InChI is InChI=1S/C20H18O4/c1-12(2)20(22)23-15-7-8-16-17(11-15)24-18(19(16)21)10-14-6-4-5-13(3)9-14/h4-12H,1-3H3. The maximum Gasteiger partial charge on any atom is 0.313 e. The first-order valence-corrected chi connectivity index (χ1v) is 7.80. The summed E-state index contributed by atoms with van der Waals surface area (Å²) < 4.78 is 10.9. The molecule has 1 aliphatic heterocycles. The molecule has 0 fully saturated rings. The van der Waals surface area contributed by atoms with Crippen molar-refractivity contribution >= 4 is 17.8 Å². The maximum atomic E-state index is 12.4. The highest BCUT2D eigenvalue weighted by Crippen LogP contribution is 2.35. The zero-order valence-corrected chi connectivity index (χ0v) is 13.8. The summed E-state index contributed by atoms with van der Waals surface area (Å²) in [5, 5.41) is 0. The summed E-state index contributed by atoms with van der Waals surface area (Å²) in [5.74, 6) is 0.327. The van der Waals surface area contributed by atoms with Gasteiger partial charge < -0.3 is 9.47 Å². The van der Waals surface area contributed by atoms with Crippen LogP contribution in [0.15, 0.2) is 48.2 Å². The van der Waals surface area contributed by atoms with Crippen LogP contribution in [0.2, 0.25) is 0 Å². The van der Waals surface area contributed by atoms with E-state index in [9.17, 15) is 9.59 Å². The van der Waals surface area contributed by atoms with Crippen molar-refractivity contribution in [3.05, 3.63) is 64.9 Å². The zero-order valence-electron chi connectivity index (χ0n) is 13.8. The van der Waals surface area contributed by atoms with Crippen molar-refractivity contribution in [2.45, 2.75) is 20.8 Å². The van der Waals surface area contributed by atoms with E-state index in [0.29, 0.717) is 17.1 Å². The minimum absolute atomic E-state index is 0.173. The van der Waals surface area contributed by atoms with E-state index < -0.39 is 0 Å². The summed E-state index contributed by atoms with van der Waals surface area (Å²) in [7, 11) is 0. The van der Waals surface area contributed by atoms with Gasteiger partial charge in [-0.05, 0) is 30.7 Å². The van der Waals surface area contributed by atoms with Crippen molar-refractivity contribution in [1.29, 1.82) is 0 Å². The van der Waals surface area contributed by atoms with Crippen LogP contribution in [0.5, 0.6) is 11.5 Å². The smallest absolute Gasteiger partial charge is 0.313 e. The molecule has 4 nitrogen and oxygen atoms in total. The molecule has 4 heteroatoms. The Kier molecular flexibility index (Phi) is 4.21. The van der Waals surface area contributed by atoms with E-state index in [1.807, 2.05) is 31.2 Å². The van der Waals surface area contributed by atoms with Crippen molar-refractivity contribution in [3.8, 4) is 11.5 Å². The topological polar surface area (TPSA) is 52.6 Å². The van der Waals surface area contributed by atoms with Crippen LogP contribution in [0, 0.1) is 12.8 Å². The molecule has 0 atom stereocenters.